The number of carbonyl (C=O) groups is 5. The molecule has 0 radical (unpaired) electrons. The van der Waals surface area contributed by atoms with E-state index in [2.05, 4.69) is 46.4 Å². The summed E-state index contributed by atoms with van der Waals surface area (Å²) in [7, 11) is 0. The van der Waals surface area contributed by atoms with Gasteiger partial charge >= 0.3 is 0 Å². The second kappa shape index (κ2) is 27.0. The van der Waals surface area contributed by atoms with E-state index in [0.29, 0.717) is 35.5 Å². The van der Waals surface area contributed by atoms with Crippen LogP contribution < -0.4 is 37.0 Å². The van der Waals surface area contributed by atoms with Crippen molar-refractivity contribution in [1.29, 1.82) is 5.41 Å². The average molecular weight is 1100 g/mol. The van der Waals surface area contributed by atoms with Crippen LogP contribution in [0.25, 0.3) is 21.6 Å². The Kier molecular flexibility index (Phi) is 20.3. The van der Waals surface area contributed by atoms with Crippen molar-refractivity contribution in [3.8, 4) is 21.6 Å². The van der Waals surface area contributed by atoms with Crippen molar-refractivity contribution in [2.24, 2.45) is 5.41 Å². The number of thiazole rings is 1. The van der Waals surface area contributed by atoms with E-state index in [-0.39, 0.29) is 75.5 Å². The van der Waals surface area contributed by atoms with Crippen molar-refractivity contribution < 1.29 is 33.8 Å². The molecule has 5 amide bonds. The highest BCUT2D eigenvalue weighted by Gasteiger charge is 2.44. The standard InChI is InChI=1S/C58H76N12O8S/c1-35(2)65-47-27-42(26-44(45(47)29-59)54(74)63-32-46-36(3)25-37(4)66-55(46)75)41-13-14-49(61-31-41)69-21-19-68(20-22-69)18-17-60-50(72)15-23-78-24-16-51(73)67-53(58(6,7)8)57(77)70-33-43(71)28-48(70)56(76)62-30-39-9-11-40(12-10-39)52-38(5)64-34-79-52/h9-14,25-27,29,31,34-35,43,48,53,59,65,71H,15-24,28,30,32-33H2,1-8H3,(H,60,72)(H,62,76)(H,63,74)(H,66,75)(H,67,73)/t43-,48+,53?/m1/s1. The first kappa shape index (κ1) is 59.3. The molecule has 2 fully saturated rings. The number of benzene rings is 2. The van der Waals surface area contributed by atoms with E-state index < -0.39 is 41.3 Å². The Bertz CT molecular complexity index is 3020. The number of hydrogen-bond donors (Lipinski definition) is 8. The quantitative estimate of drug-likeness (QED) is 0.0314. The number of pyridine rings is 2. The van der Waals surface area contributed by atoms with Gasteiger partial charge in [0.2, 0.25) is 23.6 Å². The van der Waals surface area contributed by atoms with Gasteiger partial charge in [0.25, 0.3) is 11.5 Å². The molecule has 20 nitrogen and oxygen atoms in total. The first-order chi connectivity index (χ1) is 37.7. The topological polar surface area (TPSA) is 267 Å². The lowest BCUT2D eigenvalue weighted by Gasteiger charge is -2.35. The third kappa shape index (κ3) is 15.9. The second-order valence-electron chi connectivity index (χ2n) is 21.7. The molecule has 5 heterocycles. The number of amides is 5. The van der Waals surface area contributed by atoms with Crippen molar-refractivity contribution in [2.45, 2.75) is 112 Å². The van der Waals surface area contributed by atoms with Crippen LogP contribution in [0.2, 0.25) is 0 Å². The van der Waals surface area contributed by atoms with Crippen LogP contribution in [0.4, 0.5) is 11.5 Å². The highest BCUT2D eigenvalue weighted by atomic mass is 32.1. The maximum atomic E-state index is 14.0. The van der Waals surface area contributed by atoms with E-state index in [0.717, 1.165) is 76.1 Å². The van der Waals surface area contributed by atoms with Crippen molar-refractivity contribution in [3.63, 3.8) is 0 Å². The highest BCUT2D eigenvalue weighted by molar-refractivity contribution is 7.13. The van der Waals surface area contributed by atoms with Gasteiger partial charge in [0.1, 0.15) is 17.9 Å². The molecular formula is C58H76N12O8S. The predicted molar refractivity (Wildman–Crippen MR) is 307 cm³/mol. The van der Waals surface area contributed by atoms with Crippen molar-refractivity contribution in [2.75, 3.05) is 69.2 Å². The molecule has 2 aliphatic heterocycles. The first-order valence-electron chi connectivity index (χ1n) is 26.9. The zero-order chi connectivity index (χ0) is 57.0. The smallest absolute Gasteiger partial charge is 0.253 e. The molecule has 21 heteroatoms. The number of carbonyl (C=O) groups excluding carboxylic acids is 5. The number of H-pyrrole nitrogens is 1. The summed E-state index contributed by atoms with van der Waals surface area (Å²) in [6.45, 7) is 19.6. The Labute approximate surface area is 466 Å². The number of rotatable bonds is 23. The minimum absolute atomic E-state index is 0.0300. The molecule has 5 aromatic rings. The summed E-state index contributed by atoms with van der Waals surface area (Å²) in [5.74, 6) is -0.997. The number of nitrogens with zero attached hydrogens (tertiary/aromatic N) is 5. The number of piperazine rings is 1. The summed E-state index contributed by atoms with van der Waals surface area (Å²) in [6, 6.07) is 15.5. The van der Waals surface area contributed by atoms with Crippen LogP contribution in [-0.4, -0.2) is 149 Å². The molecule has 2 saturated heterocycles. The average Bonchev–Trinajstić information content (AvgIpc) is 4.03. The van der Waals surface area contributed by atoms with Gasteiger partial charge in [-0.05, 0) is 92.6 Å². The predicted octanol–water partition coefficient (Wildman–Crippen LogP) is 5.08. The molecule has 79 heavy (non-hydrogen) atoms. The lowest BCUT2D eigenvalue weighted by atomic mass is 9.85. The van der Waals surface area contributed by atoms with Gasteiger partial charge in [-0.25, -0.2) is 9.97 Å². The third-order valence-electron chi connectivity index (χ3n) is 14.1. The van der Waals surface area contributed by atoms with E-state index in [9.17, 15) is 33.9 Å². The van der Waals surface area contributed by atoms with Gasteiger partial charge in [-0.1, -0.05) is 45.0 Å². The number of likely N-dealkylation sites (tertiary alicyclic amines) is 1. The van der Waals surface area contributed by atoms with E-state index in [4.69, 9.17) is 15.1 Å². The number of aromatic amines is 1. The number of hydrogen-bond acceptors (Lipinski definition) is 15. The van der Waals surface area contributed by atoms with Crippen LogP contribution in [0.1, 0.15) is 97.9 Å². The molecule has 0 spiro atoms. The molecule has 0 aliphatic carbocycles. The van der Waals surface area contributed by atoms with Crippen molar-refractivity contribution >= 4 is 58.6 Å². The SMILES string of the molecule is Cc1cc(C)c(CNC(=O)c2cc(-c3ccc(N4CCN(CCNC(=O)CCOCCC(=O)NC(C(=O)N5C[C@H](O)C[C@H]5C(=O)NCc5ccc(-c6scnc6C)cc5)C(C)(C)C)CC4)nc3)cc(NC(C)C)c2C=N)c(=O)[nH]1. The van der Waals surface area contributed by atoms with E-state index >= 15 is 0 Å². The Balaban J connectivity index is 0.806. The first-order valence-corrected chi connectivity index (χ1v) is 27.8. The number of aryl methyl sites for hydroxylation is 3. The fourth-order valence-corrected chi connectivity index (χ4v) is 10.6. The summed E-state index contributed by atoms with van der Waals surface area (Å²) in [4.78, 5) is 98.6. The van der Waals surface area contributed by atoms with Crippen LogP contribution in [0, 0.1) is 31.6 Å². The second-order valence-corrected chi connectivity index (χ2v) is 22.5. The summed E-state index contributed by atoms with van der Waals surface area (Å²) < 4.78 is 5.65. The number of β-amino-alcohol motifs (C(OH)–C–C–N with tert-alkyl or cyclic N) is 1. The van der Waals surface area contributed by atoms with E-state index in [1.54, 1.807) is 29.1 Å². The number of ether oxygens (including phenoxy) is 1. The fourth-order valence-electron chi connectivity index (χ4n) is 9.79. The zero-order valence-corrected chi connectivity index (χ0v) is 47.4. The number of aromatic nitrogens is 3. The molecule has 8 N–H and O–H groups in total. The number of aliphatic hydroxyl groups excluding tert-OH is 1. The Morgan fingerprint density at radius 1 is 0.886 bits per heavy atom. The number of nitrogens with one attached hydrogen (secondary N) is 7. The molecule has 2 aliphatic rings. The molecule has 0 bridgehead atoms. The maximum absolute atomic E-state index is 14.0. The van der Waals surface area contributed by atoms with Crippen LogP contribution in [0.5, 0.6) is 0 Å². The van der Waals surface area contributed by atoms with Gasteiger partial charge in [0, 0.05) is 125 Å². The summed E-state index contributed by atoms with van der Waals surface area (Å²) in [5, 5.41) is 33.8. The molecule has 1 unspecified atom stereocenters. The maximum Gasteiger partial charge on any atom is 0.253 e. The molecule has 0 saturated carbocycles. The van der Waals surface area contributed by atoms with Crippen LogP contribution in [0.15, 0.2) is 71.1 Å². The van der Waals surface area contributed by atoms with Gasteiger partial charge in [-0.15, -0.1) is 11.3 Å². The zero-order valence-electron chi connectivity index (χ0n) is 46.6. The molecule has 422 valence electrons. The summed E-state index contributed by atoms with van der Waals surface area (Å²) in [5.41, 5.74) is 8.65. The molecule has 2 aromatic carbocycles. The number of anilines is 2. The van der Waals surface area contributed by atoms with Gasteiger partial charge in [-0.3, -0.25) is 33.7 Å². The minimum Gasteiger partial charge on any atom is -0.391 e. The monoisotopic (exact) mass is 1100 g/mol. The largest absolute Gasteiger partial charge is 0.391 e. The van der Waals surface area contributed by atoms with Gasteiger partial charge in [-0.2, -0.15) is 0 Å². The van der Waals surface area contributed by atoms with Crippen LogP contribution >= 0.6 is 11.3 Å². The lowest BCUT2D eigenvalue weighted by Crippen LogP contribution is -2.57. The minimum atomic E-state index is -0.972. The Morgan fingerprint density at radius 3 is 2.23 bits per heavy atom. The molecule has 3 aromatic heterocycles. The lowest BCUT2D eigenvalue weighted by molar-refractivity contribution is -0.144. The molecule has 3 atom stereocenters. The molecule has 7 rings (SSSR count). The Hall–Kier alpha value is -7.33. The summed E-state index contributed by atoms with van der Waals surface area (Å²) >= 11 is 1.57. The Morgan fingerprint density at radius 2 is 1.59 bits per heavy atom. The molecular weight excluding hydrogens is 1020 g/mol. The fraction of sp³-hybridized carbons (Fsp3) is 0.466. The van der Waals surface area contributed by atoms with Crippen LogP contribution in [0.3, 0.4) is 0 Å². The van der Waals surface area contributed by atoms with Gasteiger partial charge in [0.05, 0.1) is 41.0 Å². The number of aliphatic hydroxyl groups is 1. The third-order valence-corrected chi connectivity index (χ3v) is 15.1. The van der Waals surface area contributed by atoms with Gasteiger partial charge < -0.3 is 56.6 Å². The van der Waals surface area contributed by atoms with Crippen molar-refractivity contribution in [3.05, 3.63) is 116 Å². The van der Waals surface area contributed by atoms with E-state index in [1.807, 2.05) is 104 Å². The summed E-state index contributed by atoms with van der Waals surface area (Å²) in [6.07, 6.45) is 2.22. The van der Waals surface area contributed by atoms with Gasteiger partial charge in [0.15, 0.2) is 0 Å². The highest BCUT2D eigenvalue weighted by Crippen LogP contribution is 2.31. The van der Waals surface area contributed by atoms with Crippen molar-refractivity contribution in [1.82, 2.24) is 46.0 Å². The normalized spacial score (nSPS) is 16.1. The van der Waals surface area contributed by atoms with E-state index in [1.165, 1.54) is 11.1 Å². The van der Waals surface area contributed by atoms with Crippen LogP contribution in [-0.2, 0) is 37.0 Å².